The monoisotopic (exact) mass is 186 g/mol. The van der Waals surface area contributed by atoms with Crippen molar-refractivity contribution in [3.63, 3.8) is 0 Å². The molecule has 3 nitrogen and oxygen atoms in total. The molecule has 0 unspecified atom stereocenters. The van der Waals surface area contributed by atoms with Crippen LogP contribution < -0.4 is 0 Å². The first kappa shape index (κ1) is 8.69. The summed E-state index contributed by atoms with van der Waals surface area (Å²) in [4.78, 5) is 4.06. The molecule has 0 N–H and O–H groups in total. The van der Waals surface area contributed by atoms with Gasteiger partial charge in [-0.15, -0.1) is 0 Å². The Labute approximate surface area is 82.1 Å². The van der Waals surface area contributed by atoms with Gasteiger partial charge in [0.2, 0.25) is 5.89 Å². The maximum absolute atomic E-state index is 4.84. The number of nitrogens with zero attached hydrogens (tertiary/aromatic N) is 2. The van der Waals surface area contributed by atoms with E-state index in [2.05, 4.69) is 10.1 Å². The minimum absolute atomic E-state index is 0.581. The molecular formula is C11H10N2O. The van der Waals surface area contributed by atoms with Gasteiger partial charge in [0.05, 0.1) is 0 Å². The molecule has 14 heavy (non-hydrogen) atoms. The van der Waals surface area contributed by atoms with Crippen molar-refractivity contribution < 1.29 is 4.52 Å². The average Bonchev–Trinajstić information content (AvgIpc) is 2.63. The fourth-order valence-electron chi connectivity index (χ4n) is 1.12. The lowest BCUT2D eigenvalue weighted by Gasteiger charge is -1.88. The molecule has 0 saturated heterocycles. The number of hydrogen-bond donors (Lipinski definition) is 0. The van der Waals surface area contributed by atoms with E-state index in [4.69, 9.17) is 4.52 Å². The molecule has 0 aliphatic heterocycles. The van der Waals surface area contributed by atoms with E-state index in [0.717, 1.165) is 5.56 Å². The summed E-state index contributed by atoms with van der Waals surface area (Å²) < 4.78 is 4.84. The van der Waals surface area contributed by atoms with E-state index in [-0.39, 0.29) is 0 Å². The van der Waals surface area contributed by atoms with Gasteiger partial charge in [-0.2, -0.15) is 4.98 Å². The van der Waals surface area contributed by atoms with Crippen LogP contribution in [0.4, 0.5) is 0 Å². The molecule has 0 amide bonds. The Morgan fingerprint density at radius 3 is 2.57 bits per heavy atom. The minimum atomic E-state index is 0.581. The molecule has 70 valence electrons. The van der Waals surface area contributed by atoms with Crippen LogP contribution in [-0.2, 0) is 0 Å². The van der Waals surface area contributed by atoms with Crippen LogP contribution in [0, 0.1) is 6.92 Å². The third kappa shape index (κ3) is 2.07. The van der Waals surface area contributed by atoms with Crippen molar-refractivity contribution in [3.05, 3.63) is 47.6 Å². The molecule has 0 atom stereocenters. The van der Waals surface area contributed by atoms with Gasteiger partial charge in [-0.25, -0.2) is 0 Å². The van der Waals surface area contributed by atoms with Crippen LogP contribution in [0.2, 0.25) is 0 Å². The van der Waals surface area contributed by atoms with Gasteiger partial charge in [-0.3, -0.25) is 0 Å². The highest BCUT2D eigenvalue weighted by molar-refractivity contribution is 5.66. The van der Waals surface area contributed by atoms with Crippen molar-refractivity contribution >= 4 is 12.2 Å². The maximum atomic E-state index is 4.84. The van der Waals surface area contributed by atoms with E-state index < -0.39 is 0 Å². The normalized spacial score (nSPS) is 10.9. The van der Waals surface area contributed by atoms with Crippen LogP contribution in [0.1, 0.15) is 17.3 Å². The molecule has 0 bridgehead atoms. The van der Waals surface area contributed by atoms with E-state index >= 15 is 0 Å². The van der Waals surface area contributed by atoms with Crippen LogP contribution in [0.25, 0.3) is 12.2 Å². The first-order chi connectivity index (χ1) is 6.84. The number of rotatable bonds is 2. The molecule has 0 aliphatic carbocycles. The van der Waals surface area contributed by atoms with Gasteiger partial charge in [0.25, 0.3) is 0 Å². The quantitative estimate of drug-likeness (QED) is 0.723. The Morgan fingerprint density at radius 2 is 1.93 bits per heavy atom. The van der Waals surface area contributed by atoms with Crippen molar-refractivity contribution in [2.45, 2.75) is 6.92 Å². The summed E-state index contributed by atoms with van der Waals surface area (Å²) in [5.41, 5.74) is 1.12. The van der Waals surface area contributed by atoms with E-state index in [1.165, 1.54) is 0 Å². The number of aryl methyl sites for hydroxylation is 1. The summed E-state index contributed by atoms with van der Waals surface area (Å²) >= 11 is 0. The molecule has 1 heterocycles. The lowest BCUT2D eigenvalue weighted by Crippen LogP contribution is -1.74. The summed E-state index contributed by atoms with van der Waals surface area (Å²) in [5, 5.41) is 3.76. The predicted molar refractivity (Wildman–Crippen MR) is 54.4 cm³/mol. The number of hydrogen-bond acceptors (Lipinski definition) is 3. The Bertz CT molecular complexity index is 432. The van der Waals surface area contributed by atoms with E-state index in [0.29, 0.717) is 11.7 Å². The summed E-state index contributed by atoms with van der Waals surface area (Å²) in [6, 6.07) is 9.99. The molecular weight excluding hydrogens is 176 g/mol. The van der Waals surface area contributed by atoms with Crippen LogP contribution in [0.5, 0.6) is 0 Å². The van der Waals surface area contributed by atoms with Gasteiger partial charge in [0, 0.05) is 6.92 Å². The standard InChI is InChI=1S/C11H10N2O/c1-9-12-11(13-14-9)8-7-10-5-3-2-4-6-10/h2-8H,1H3/b8-7-. The highest BCUT2D eigenvalue weighted by atomic mass is 16.5. The molecule has 0 saturated carbocycles. The summed E-state index contributed by atoms with van der Waals surface area (Å²) in [7, 11) is 0. The lowest BCUT2D eigenvalue weighted by molar-refractivity contribution is 0.391. The highest BCUT2D eigenvalue weighted by Gasteiger charge is 1.95. The van der Waals surface area contributed by atoms with Gasteiger partial charge in [-0.1, -0.05) is 41.6 Å². The first-order valence-corrected chi connectivity index (χ1v) is 4.38. The number of benzene rings is 1. The van der Waals surface area contributed by atoms with Crippen LogP contribution in [-0.4, -0.2) is 10.1 Å². The molecule has 1 aromatic carbocycles. The van der Waals surface area contributed by atoms with E-state index in [1.54, 1.807) is 6.92 Å². The molecule has 0 fully saturated rings. The molecule has 2 aromatic rings. The van der Waals surface area contributed by atoms with E-state index in [9.17, 15) is 0 Å². The predicted octanol–water partition coefficient (Wildman–Crippen LogP) is 2.55. The third-order valence-electron chi connectivity index (χ3n) is 1.77. The molecule has 1 aromatic heterocycles. The van der Waals surface area contributed by atoms with Gasteiger partial charge < -0.3 is 4.52 Å². The van der Waals surface area contributed by atoms with Gasteiger partial charge in [0.15, 0.2) is 5.82 Å². The van der Waals surface area contributed by atoms with Crippen molar-refractivity contribution in [1.29, 1.82) is 0 Å². The van der Waals surface area contributed by atoms with Gasteiger partial charge in [0.1, 0.15) is 0 Å². The zero-order valence-electron chi connectivity index (χ0n) is 7.84. The maximum Gasteiger partial charge on any atom is 0.223 e. The Kier molecular flexibility index (Phi) is 2.40. The zero-order chi connectivity index (χ0) is 9.80. The van der Waals surface area contributed by atoms with Crippen molar-refractivity contribution in [2.75, 3.05) is 0 Å². The second-order valence-electron chi connectivity index (χ2n) is 2.92. The minimum Gasteiger partial charge on any atom is -0.339 e. The highest BCUT2D eigenvalue weighted by Crippen LogP contribution is 2.04. The first-order valence-electron chi connectivity index (χ1n) is 4.38. The molecule has 2 rings (SSSR count). The van der Waals surface area contributed by atoms with Crippen LogP contribution in [0.15, 0.2) is 34.9 Å². The Hall–Kier alpha value is -1.90. The van der Waals surface area contributed by atoms with Gasteiger partial charge >= 0.3 is 0 Å². The third-order valence-corrected chi connectivity index (χ3v) is 1.77. The second-order valence-corrected chi connectivity index (χ2v) is 2.92. The van der Waals surface area contributed by atoms with Crippen molar-refractivity contribution in [1.82, 2.24) is 10.1 Å². The SMILES string of the molecule is Cc1nc(/C=C\c2ccccc2)no1. The molecule has 3 heteroatoms. The molecule has 0 radical (unpaired) electrons. The number of aromatic nitrogens is 2. The van der Waals surface area contributed by atoms with E-state index in [1.807, 2.05) is 42.5 Å². The van der Waals surface area contributed by atoms with Crippen molar-refractivity contribution in [3.8, 4) is 0 Å². The largest absolute Gasteiger partial charge is 0.339 e. The zero-order valence-corrected chi connectivity index (χ0v) is 7.84. The summed E-state index contributed by atoms with van der Waals surface area (Å²) in [6.07, 6.45) is 3.77. The molecule has 0 aliphatic rings. The topological polar surface area (TPSA) is 38.9 Å². The lowest BCUT2D eigenvalue weighted by atomic mass is 10.2. The fraction of sp³-hybridized carbons (Fsp3) is 0.0909. The smallest absolute Gasteiger partial charge is 0.223 e. The van der Waals surface area contributed by atoms with Crippen LogP contribution >= 0.6 is 0 Å². The van der Waals surface area contributed by atoms with Crippen molar-refractivity contribution in [2.24, 2.45) is 0 Å². The van der Waals surface area contributed by atoms with Crippen LogP contribution in [0.3, 0.4) is 0 Å². The molecule has 0 spiro atoms. The second kappa shape index (κ2) is 3.87. The Morgan fingerprint density at radius 1 is 1.14 bits per heavy atom. The average molecular weight is 186 g/mol. The summed E-state index contributed by atoms with van der Waals surface area (Å²) in [5.74, 6) is 1.18. The summed E-state index contributed by atoms with van der Waals surface area (Å²) in [6.45, 7) is 1.77. The fourth-order valence-corrected chi connectivity index (χ4v) is 1.12. The van der Waals surface area contributed by atoms with Gasteiger partial charge in [-0.05, 0) is 11.6 Å². The Balaban J connectivity index is 2.15.